The van der Waals surface area contributed by atoms with E-state index < -0.39 is 15.8 Å². The maximum absolute atomic E-state index is 14.1. The number of anilines is 1. The normalized spacial score (nSPS) is 15.5. The third kappa shape index (κ3) is 4.02. The van der Waals surface area contributed by atoms with Crippen molar-refractivity contribution in [2.75, 3.05) is 37.7 Å². The number of rotatable bonds is 6. The molecule has 0 aliphatic carbocycles. The maximum atomic E-state index is 14.1. The van der Waals surface area contributed by atoms with Gasteiger partial charge in [0, 0.05) is 26.2 Å². The van der Waals surface area contributed by atoms with Gasteiger partial charge in [-0.1, -0.05) is 6.07 Å². The molecule has 0 amide bonds. The van der Waals surface area contributed by atoms with Crippen molar-refractivity contribution in [1.29, 1.82) is 0 Å². The number of carbonyl (C=O) groups is 1. The van der Waals surface area contributed by atoms with Crippen molar-refractivity contribution in [3.8, 4) is 5.75 Å². The molecule has 0 aromatic heterocycles. The zero-order valence-corrected chi connectivity index (χ0v) is 16.7. The predicted molar refractivity (Wildman–Crippen MR) is 105 cm³/mol. The van der Waals surface area contributed by atoms with Crippen molar-refractivity contribution in [2.45, 2.75) is 18.7 Å². The van der Waals surface area contributed by atoms with Crippen molar-refractivity contribution < 1.29 is 22.3 Å². The number of piperazine rings is 1. The number of nitrogens with zero attached hydrogens (tertiary/aromatic N) is 2. The second-order valence-electron chi connectivity index (χ2n) is 6.49. The Morgan fingerprint density at radius 3 is 2.29 bits per heavy atom. The largest absolute Gasteiger partial charge is 0.494 e. The molecule has 0 N–H and O–H groups in total. The number of Topliss-reactive ketones (excluding diaryl/α,β-unsaturated/α-hetero) is 1. The lowest BCUT2D eigenvalue weighted by Gasteiger charge is -2.36. The first-order chi connectivity index (χ1) is 13.3. The molecule has 1 fully saturated rings. The minimum Gasteiger partial charge on any atom is -0.494 e. The number of halogens is 1. The van der Waals surface area contributed by atoms with Crippen molar-refractivity contribution in [3.63, 3.8) is 0 Å². The number of hydrogen-bond donors (Lipinski definition) is 0. The Morgan fingerprint density at radius 2 is 1.71 bits per heavy atom. The number of carbonyl (C=O) groups excluding carboxylic acids is 1. The topological polar surface area (TPSA) is 66.9 Å². The van der Waals surface area contributed by atoms with E-state index in [4.69, 9.17) is 4.74 Å². The number of ketones is 1. The van der Waals surface area contributed by atoms with Gasteiger partial charge < -0.3 is 9.64 Å². The predicted octanol–water partition coefficient (Wildman–Crippen LogP) is 2.94. The van der Waals surface area contributed by atoms with Crippen LogP contribution in [0.4, 0.5) is 10.1 Å². The lowest BCUT2D eigenvalue weighted by molar-refractivity contribution is 0.101. The van der Waals surface area contributed by atoms with E-state index in [9.17, 15) is 17.6 Å². The van der Waals surface area contributed by atoms with Crippen molar-refractivity contribution in [3.05, 3.63) is 53.8 Å². The quantitative estimate of drug-likeness (QED) is 0.690. The summed E-state index contributed by atoms with van der Waals surface area (Å²) in [6.45, 7) is 4.96. The second kappa shape index (κ2) is 8.28. The Bertz CT molecular complexity index is 953. The van der Waals surface area contributed by atoms with Gasteiger partial charge in [0.25, 0.3) is 0 Å². The smallest absolute Gasteiger partial charge is 0.243 e. The van der Waals surface area contributed by atoms with Gasteiger partial charge in [-0.05, 0) is 50.2 Å². The molecule has 0 unspecified atom stereocenters. The number of hydrogen-bond acceptors (Lipinski definition) is 5. The molecule has 0 radical (unpaired) electrons. The molecule has 8 heteroatoms. The van der Waals surface area contributed by atoms with Gasteiger partial charge in [0.2, 0.25) is 10.0 Å². The Balaban J connectivity index is 1.75. The Hall–Kier alpha value is -2.45. The second-order valence-corrected chi connectivity index (χ2v) is 8.42. The molecule has 0 bridgehead atoms. The summed E-state index contributed by atoms with van der Waals surface area (Å²) in [4.78, 5) is 13.9. The Labute approximate surface area is 164 Å². The zero-order valence-electron chi connectivity index (χ0n) is 15.9. The number of ether oxygens (including phenoxy) is 1. The van der Waals surface area contributed by atoms with Crippen LogP contribution in [0.1, 0.15) is 24.2 Å². The molecule has 1 aliphatic heterocycles. The van der Waals surface area contributed by atoms with Gasteiger partial charge in [0.05, 0.1) is 22.8 Å². The molecular formula is C20H23FN2O4S. The van der Waals surface area contributed by atoms with Crippen LogP contribution in [0.3, 0.4) is 0 Å². The van der Waals surface area contributed by atoms with Crippen LogP contribution in [0.15, 0.2) is 47.4 Å². The van der Waals surface area contributed by atoms with Crippen molar-refractivity contribution in [1.82, 2.24) is 4.31 Å². The fraction of sp³-hybridized carbons (Fsp3) is 0.350. The molecule has 28 heavy (non-hydrogen) atoms. The molecular weight excluding hydrogens is 383 g/mol. The minimum absolute atomic E-state index is 0.0466. The van der Waals surface area contributed by atoms with E-state index in [-0.39, 0.29) is 29.3 Å². The van der Waals surface area contributed by atoms with Gasteiger partial charge in [-0.15, -0.1) is 0 Å². The summed E-state index contributed by atoms with van der Waals surface area (Å²) >= 11 is 0. The van der Waals surface area contributed by atoms with Crippen molar-refractivity contribution in [2.24, 2.45) is 0 Å². The van der Waals surface area contributed by atoms with Crippen LogP contribution >= 0.6 is 0 Å². The first-order valence-electron chi connectivity index (χ1n) is 9.12. The molecule has 1 aliphatic rings. The summed E-state index contributed by atoms with van der Waals surface area (Å²) in [5.41, 5.74) is 0.552. The summed E-state index contributed by atoms with van der Waals surface area (Å²) in [5, 5.41) is 0. The van der Waals surface area contributed by atoms with Gasteiger partial charge in [-0.25, -0.2) is 12.8 Å². The van der Waals surface area contributed by atoms with Crippen LogP contribution in [0.2, 0.25) is 0 Å². The molecule has 6 nitrogen and oxygen atoms in total. The lowest BCUT2D eigenvalue weighted by atomic mass is 10.1. The van der Waals surface area contributed by atoms with E-state index in [0.717, 1.165) is 0 Å². The molecule has 0 atom stereocenters. The van der Waals surface area contributed by atoms with Crippen LogP contribution in [-0.2, 0) is 10.0 Å². The van der Waals surface area contributed by atoms with E-state index in [1.54, 1.807) is 24.3 Å². The minimum atomic E-state index is -3.62. The van der Waals surface area contributed by atoms with Crippen LogP contribution in [-0.4, -0.2) is 51.3 Å². The van der Waals surface area contributed by atoms with Crippen LogP contribution < -0.4 is 9.64 Å². The molecule has 1 saturated heterocycles. The van der Waals surface area contributed by atoms with Gasteiger partial charge in [-0.2, -0.15) is 4.31 Å². The molecule has 0 spiro atoms. The molecule has 2 aromatic carbocycles. The summed E-state index contributed by atoms with van der Waals surface area (Å²) in [6, 6.07) is 10.8. The Morgan fingerprint density at radius 1 is 1.07 bits per heavy atom. The third-order valence-electron chi connectivity index (χ3n) is 4.70. The first-order valence-corrected chi connectivity index (χ1v) is 10.6. The fourth-order valence-corrected chi connectivity index (χ4v) is 4.74. The fourth-order valence-electron chi connectivity index (χ4n) is 3.32. The summed E-state index contributed by atoms with van der Waals surface area (Å²) < 4.78 is 46.6. The highest BCUT2D eigenvalue weighted by Gasteiger charge is 2.30. The van der Waals surface area contributed by atoms with E-state index in [0.29, 0.717) is 31.1 Å². The average Bonchev–Trinajstić information content (AvgIpc) is 2.68. The van der Waals surface area contributed by atoms with Gasteiger partial charge in [-0.3, -0.25) is 4.79 Å². The van der Waals surface area contributed by atoms with Crippen LogP contribution in [0.25, 0.3) is 0 Å². The first kappa shape index (κ1) is 20.3. The highest BCUT2D eigenvalue weighted by molar-refractivity contribution is 7.89. The molecule has 2 aromatic rings. The van der Waals surface area contributed by atoms with Gasteiger partial charge >= 0.3 is 0 Å². The lowest BCUT2D eigenvalue weighted by Crippen LogP contribution is -2.49. The molecule has 3 rings (SSSR count). The van der Waals surface area contributed by atoms with Crippen molar-refractivity contribution >= 4 is 21.5 Å². The SMILES string of the molecule is CCOc1ccc(S(=O)(=O)N2CCN(c3cccc(F)c3C(C)=O)CC2)cc1. The standard InChI is InChI=1S/C20H23FN2O4S/c1-3-27-16-7-9-17(10-8-16)28(25,26)23-13-11-22(12-14-23)19-6-4-5-18(21)20(19)15(2)24/h4-10H,3,11-14H2,1-2H3. The van der Waals surface area contributed by atoms with E-state index in [2.05, 4.69) is 0 Å². The molecule has 150 valence electrons. The third-order valence-corrected chi connectivity index (χ3v) is 6.61. The monoisotopic (exact) mass is 406 g/mol. The highest BCUT2D eigenvalue weighted by atomic mass is 32.2. The Kier molecular flexibility index (Phi) is 6.00. The molecule has 0 saturated carbocycles. The number of benzene rings is 2. The maximum Gasteiger partial charge on any atom is 0.243 e. The summed E-state index contributed by atoms with van der Waals surface area (Å²) in [7, 11) is -3.62. The van der Waals surface area contributed by atoms with Crippen LogP contribution in [0.5, 0.6) is 5.75 Å². The summed E-state index contributed by atoms with van der Waals surface area (Å²) in [5.74, 6) is -0.291. The summed E-state index contributed by atoms with van der Waals surface area (Å²) in [6.07, 6.45) is 0. The van der Waals surface area contributed by atoms with E-state index in [1.165, 1.54) is 29.4 Å². The van der Waals surface area contributed by atoms with E-state index >= 15 is 0 Å². The van der Waals surface area contributed by atoms with Gasteiger partial charge in [0.1, 0.15) is 11.6 Å². The van der Waals surface area contributed by atoms with E-state index in [1.807, 2.05) is 11.8 Å². The van der Waals surface area contributed by atoms with Crippen LogP contribution in [0, 0.1) is 5.82 Å². The number of sulfonamides is 1. The zero-order chi connectivity index (χ0) is 20.3. The highest BCUT2D eigenvalue weighted by Crippen LogP contribution is 2.27. The average molecular weight is 406 g/mol. The van der Waals surface area contributed by atoms with Gasteiger partial charge in [0.15, 0.2) is 5.78 Å². The molecule has 1 heterocycles.